The molecule has 0 saturated carbocycles. The van der Waals surface area contributed by atoms with E-state index < -0.39 is 0 Å². The van der Waals surface area contributed by atoms with Gasteiger partial charge in [-0.15, -0.1) is 0 Å². The predicted octanol–water partition coefficient (Wildman–Crippen LogP) is 2.19. The van der Waals surface area contributed by atoms with Crippen LogP contribution < -0.4 is 5.32 Å². The van der Waals surface area contributed by atoms with Gasteiger partial charge in [0.2, 0.25) is 0 Å². The molecule has 5 heteroatoms. The Morgan fingerprint density at radius 3 is 3.18 bits per heavy atom. The van der Waals surface area contributed by atoms with E-state index in [1.54, 1.807) is 18.4 Å². The van der Waals surface area contributed by atoms with Crippen molar-refractivity contribution < 1.29 is 4.74 Å². The summed E-state index contributed by atoms with van der Waals surface area (Å²) in [5, 5.41) is 7.61. The van der Waals surface area contributed by atoms with Crippen LogP contribution in [-0.2, 0) is 4.74 Å². The molecule has 0 spiro atoms. The van der Waals surface area contributed by atoms with Gasteiger partial charge in [0.1, 0.15) is 5.82 Å². The Hall–Kier alpha value is -1.17. The summed E-state index contributed by atoms with van der Waals surface area (Å²) in [7, 11) is 1.76. The zero-order valence-corrected chi connectivity index (χ0v) is 10.5. The van der Waals surface area contributed by atoms with Crippen LogP contribution in [0.5, 0.6) is 0 Å². The van der Waals surface area contributed by atoms with Gasteiger partial charge < -0.3 is 15.0 Å². The molecule has 1 aliphatic heterocycles. The van der Waals surface area contributed by atoms with Gasteiger partial charge in [0.25, 0.3) is 0 Å². The average Bonchev–Trinajstić information content (AvgIpc) is 3.09. The Kier molecular flexibility index (Phi) is 2.96. The van der Waals surface area contributed by atoms with Crippen LogP contribution in [0.15, 0.2) is 23.0 Å². The summed E-state index contributed by atoms with van der Waals surface area (Å²) in [5.74, 6) is 1.01. The number of nitrogens with zero attached hydrogens (tertiary/aromatic N) is 1. The largest absolute Gasteiger partial charge is 0.380 e. The lowest BCUT2D eigenvalue weighted by Gasteiger charge is -2.06. The maximum absolute atomic E-state index is 5.34. The monoisotopic (exact) mass is 249 g/mol. The molecule has 2 atom stereocenters. The third-order valence-corrected chi connectivity index (χ3v) is 3.86. The summed E-state index contributed by atoms with van der Waals surface area (Å²) in [5.41, 5.74) is 2.29. The predicted molar refractivity (Wildman–Crippen MR) is 68.1 cm³/mol. The summed E-state index contributed by atoms with van der Waals surface area (Å²) < 4.78 is 5.34. The van der Waals surface area contributed by atoms with Gasteiger partial charge in [-0.2, -0.15) is 11.3 Å². The number of ether oxygens (including phenoxy) is 1. The van der Waals surface area contributed by atoms with Crippen LogP contribution in [0.4, 0.5) is 0 Å². The van der Waals surface area contributed by atoms with Gasteiger partial charge >= 0.3 is 0 Å². The highest BCUT2D eigenvalue weighted by Gasteiger charge is 2.27. The van der Waals surface area contributed by atoms with E-state index in [0.29, 0.717) is 6.10 Å². The molecule has 1 fully saturated rings. The molecule has 1 aliphatic rings. The first kappa shape index (κ1) is 11.0. The normalized spacial score (nSPS) is 24.3. The number of aromatic nitrogens is 2. The van der Waals surface area contributed by atoms with Gasteiger partial charge in [-0.25, -0.2) is 4.98 Å². The molecule has 1 saturated heterocycles. The maximum atomic E-state index is 5.34. The van der Waals surface area contributed by atoms with E-state index in [2.05, 4.69) is 32.1 Å². The van der Waals surface area contributed by atoms with Crippen molar-refractivity contribution in [2.75, 3.05) is 13.7 Å². The van der Waals surface area contributed by atoms with Crippen molar-refractivity contribution in [3.63, 3.8) is 0 Å². The Balaban J connectivity index is 1.77. The SMILES string of the molecule is COC1CNC(c2ncc(-c3ccsc3)[nH]2)C1. The first-order valence-electron chi connectivity index (χ1n) is 5.70. The number of rotatable bonds is 3. The minimum absolute atomic E-state index is 0.285. The van der Waals surface area contributed by atoms with Crippen LogP contribution in [0, 0.1) is 0 Å². The molecule has 2 aromatic heterocycles. The van der Waals surface area contributed by atoms with E-state index >= 15 is 0 Å². The highest BCUT2D eigenvalue weighted by Crippen LogP contribution is 2.26. The van der Waals surface area contributed by atoms with Gasteiger partial charge in [-0.3, -0.25) is 0 Å². The summed E-state index contributed by atoms with van der Waals surface area (Å²) in [4.78, 5) is 7.83. The molecule has 2 unspecified atom stereocenters. The lowest BCUT2D eigenvalue weighted by Crippen LogP contribution is -2.16. The number of hydrogen-bond donors (Lipinski definition) is 2. The van der Waals surface area contributed by atoms with E-state index in [1.807, 2.05) is 6.20 Å². The smallest absolute Gasteiger partial charge is 0.123 e. The van der Waals surface area contributed by atoms with Crippen molar-refractivity contribution in [2.24, 2.45) is 0 Å². The number of hydrogen-bond acceptors (Lipinski definition) is 4. The van der Waals surface area contributed by atoms with E-state index in [0.717, 1.165) is 24.5 Å². The Bertz CT molecular complexity index is 480. The Morgan fingerprint density at radius 1 is 1.53 bits per heavy atom. The fourth-order valence-electron chi connectivity index (χ4n) is 2.17. The van der Waals surface area contributed by atoms with E-state index in [-0.39, 0.29) is 6.04 Å². The van der Waals surface area contributed by atoms with Crippen LogP contribution >= 0.6 is 11.3 Å². The molecular formula is C12H15N3OS. The molecule has 3 rings (SSSR count). The van der Waals surface area contributed by atoms with Crippen LogP contribution in [0.2, 0.25) is 0 Å². The topological polar surface area (TPSA) is 49.9 Å². The van der Waals surface area contributed by atoms with Crippen molar-refractivity contribution in [2.45, 2.75) is 18.6 Å². The third-order valence-electron chi connectivity index (χ3n) is 3.18. The summed E-state index contributed by atoms with van der Waals surface area (Å²) in [6.07, 6.45) is 3.18. The molecule has 0 bridgehead atoms. The molecule has 2 aromatic rings. The van der Waals surface area contributed by atoms with Gasteiger partial charge in [0.15, 0.2) is 0 Å². The highest BCUT2D eigenvalue weighted by atomic mass is 32.1. The van der Waals surface area contributed by atoms with Crippen molar-refractivity contribution in [3.8, 4) is 11.3 Å². The fourth-order valence-corrected chi connectivity index (χ4v) is 2.83. The number of H-pyrrole nitrogens is 1. The maximum Gasteiger partial charge on any atom is 0.123 e. The molecule has 0 aromatic carbocycles. The number of thiophene rings is 1. The summed E-state index contributed by atoms with van der Waals surface area (Å²) >= 11 is 1.70. The molecule has 4 nitrogen and oxygen atoms in total. The lowest BCUT2D eigenvalue weighted by molar-refractivity contribution is 0.117. The van der Waals surface area contributed by atoms with Crippen molar-refractivity contribution in [1.82, 2.24) is 15.3 Å². The van der Waals surface area contributed by atoms with Crippen molar-refractivity contribution >= 4 is 11.3 Å². The number of imidazole rings is 1. The van der Waals surface area contributed by atoms with Gasteiger partial charge in [0, 0.05) is 24.6 Å². The van der Waals surface area contributed by atoms with Crippen LogP contribution in [0.3, 0.4) is 0 Å². The van der Waals surface area contributed by atoms with E-state index in [4.69, 9.17) is 4.74 Å². The molecular weight excluding hydrogens is 234 g/mol. The van der Waals surface area contributed by atoms with Crippen LogP contribution in [-0.4, -0.2) is 29.7 Å². The first-order valence-corrected chi connectivity index (χ1v) is 6.64. The number of nitrogens with one attached hydrogen (secondary N) is 2. The quantitative estimate of drug-likeness (QED) is 0.876. The molecule has 3 heterocycles. The minimum Gasteiger partial charge on any atom is -0.380 e. The van der Waals surface area contributed by atoms with Crippen molar-refractivity contribution in [1.29, 1.82) is 0 Å². The summed E-state index contributed by atoms with van der Waals surface area (Å²) in [6, 6.07) is 2.38. The molecule has 17 heavy (non-hydrogen) atoms. The molecule has 2 N–H and O–H groups in total. The van der Waals surface area contributed by atoms with E-state index in [1.165, 1.54) is 5.56 Å². The minimum atomic E-state index is 0.285. The standard InChI is InChI=1S/C12H15N3OS/c1-16-9-4-10(13-5-9)12-14-6-11(15-12)8-2-3-17-7-8/h2-3,6-7,9-10,13H,4-5H2,1H3,(H,14,15). The lowest BCUT2D eigenvalue weighted by atomic mass is 10.2. The number of aromatic amines is 1. The molecule has 0 amide bonds. The van der Waals surface area contributed by atoms with Crippen LogP contribution in [0.1, 0.15) is 18.3 Å². The zero-order valence-electron chi connectivity index (χ0n) is 9.64. The van der Waals surface area contributed by atoms with E-state index in [9.17, 15) is 0 Å². The third kappa shape index (κ3) is 2.13. The fraction of sp³-hybridized carbons (Fsp3) is 0.417. The molecule has 0 radical (unpaired) electrons. The first-order chi connectivity index (χ1) is 8.36. The number of methoxy groups -OCH3 is 1. The molecule has 0 aliphatic carbocycles. The van der Waals surface area contributed by atoms with Gasteiger partial charge in [-0.05, 0) is 17.9 Å². The second-order valence-electron chi connectivity index (χ2n) is 4.25. The Labute approximate surface area is 104 Å². The average molecular weight is 249 g/mol. The van der Waals surface area contributed by atoms with Crippen molar-refractivity contribution in [3.05, 3.63) is 28.8 Å². The van der Waals surface area contributed by atoms with Gasteiger partial charge in [0.05, 0.1) is 24.0 Å². The molecule has 90 valence electrons. The highest BCUT2D eigenvalue weighted by molar-refractivity contribution is 7.08. The van der Waals surface area contributed by atoms with Gasteiger partial charge in [-0.1, -0.05) is 0 Å². The summed E-state index contributed by atoms with van der Waals surface area (Å²) in [6.45, 7) is 0.898. The Morgan fingerprint density at radius 2 is 2.47 bits per heavy atom. The van der Waals surface area contributed by atoms with Crippen LogP contribution in [0.25, 0.3) is 11.3 Å². The zero-order chi connectivity index (χ0) is 11.7. The second-order valence-corrected chi connectivity index (χ2v) is 5.03. The second kappa shape index (κ2) is 4.60.